The molecule has 0 saturated carbocycles. The third-order valence-electron chi connectivity index (χ3n) is 27.4. The van der Waals surface area contributed by atoms with E-state index in [1.807, 2.05) is 126 Å². The molecule has 21 rings (SSSR count). The Labute approximate surface area is 735 Å². The third kappa shape index (κ3) is 14.0. The summed E-state index contributed by atoms with van der Waals surface area (Å²) in [6.45, 7) is 27.0. The molecule has 12 nitrogen and oxygen atoms in total. The van der Waals surface area contributed by atoms with Crippen LogP contribution in [0.3, 0.4) is 0 Å². The lowest BCUT2D eigenvalue weighted by molar-refractivity contribution is -0.736. The van der Waals surface area contributed by atoms with E-state index in [4.69, 9.17) is 14.1 Å². The maximum Gasteiger partial charge on any atom is 0.390 e. The Balaban J connectivity index is 0.000000115. The molecular formula is C108H109F6N12+5. The van der Waals surface area contributed by atoms with Gasteiger partial charge in [-0.15, -0.1) is 37.1 Å². The number of nitrogens with zero attached hydrogens (tertiary/aromatic N) is 12. The van der Waals surface area contributed by atoms with E-state index in [9.17, 15) is 26.3 Å². The lowest BCUT2D eigenvalue weighted by Gasteiger charge is -2.46. The molecule has 0 N–H and O–H groups in total. The fraction of sp³-hybridized carbons (Fsp3) is 0.269. The summed E-state index contributed by atoms with van der Waals surface area (Å²) in [5.74, 6) is 1.85. The highest BCUT2D eigenvalue weighted by Gasteiger charge is 2.62. The van der Waals surface area contributed by atoms with Crippen molar-refractivity contribution in [2.24, 2.45) is 35.2 Å². The molecule has 638 valence electrons. The monoisotopic (exact) mass is 1690 g/mol. The number of rotatable bonds is 5. The predicted octanol–water partition coefficient (Wildman–Crippen LogP) is 23.7. The number of hydrogen-bond acceptors (Lipinski definition) is 2. The number of para-hydroxylation sites is 5. The summed E-state index contributed by atoms with van der Waals surface area (Å²) >= 11 is 0. The molecule has 2 aliphatic heterocycles. The molecule has 0 amide bonds. The molecule has 11 aromatic carbocycles. The zero-order chi connectivity index (χ0) is 92.2. The van der Waals surface area contributed by atoms with Gasteiger partial charge in [0.05, 0.1) is 69.7 Å². The van der Waals surface area contributed by atoms with E-state index in [1.54, 1.807) is 49.3 Å². The van der Waals surface area contributed by atoms with E-state index in [-0.39, 0.29) is 5.56 Å². The van der Waals surface area contributed by atoms with Gasteiger partial charge >= 0.3 is 24.0 Å². The van der Waals surface area contributed by atoms with E-state index in [0.717, 1.165) is 55.9 Å². The summed E-state index contributed by atoms with van der Waals surface area (Å²) in [5.41, 5.74) is 21.0. The van der Waals surface area contributed by atoms with Gasteiger partial charge in [0.2, 0.25) is 16.7 Å². The zero-order valence-corrected chi connectivity index (χ0v) is 75.3. The third-order valence-corrected chi connectivity index (χ3v) is 27.4. The normalized spacial score (nSPS) is 16.1. The lowest BCUT2D eigenvalue weighted by Crippen LogP contribution is -2.54. The molecule has 2 unspecified atom stereocenters. The Bertz CT molecular complexity index is 7730. The minimum Gasteiger partial charge on any atom is -0.171 e. The topological polar surface area (TPSA) is 69.0 Å². The maximum atomic E-state index is 13.9. The second-order valence-corrected chi connectivity index (χ2v) is 36.4. The molecule has 8 aromatic heterocycles. The molecule has 2 aliphatic rings. The summed E-state index contributed by atoms with van der Waals surface area (Å²) in [6, 6.07) is 85.7. The van der Waals surface area contributed by atoms with E-state index in [2.05, 4.69) is 265 Å². The van der Waals surface area contributed by atoms with Crippen LogP contribution in [0, 0.1) is 69.2 Å². The highest BCUT2D eigenvalue weighted by atomic mass is 19.4. The van der Waals surface area contributed by atoms with Crippen LogP contribution < -0.4 is 23.2 Å². The molecule has 0 aliphatic carbocycles. The molecule has 0 bridgehead atoms. The van der Waals surface area contributed by atoms with Gasteiger partial charge in [-0.25, -0.2) is 0 Å². The summed E-state index contributed by atoms with van der Waals surface area (Å²) in [7, 11) is 10.0. The number of hydrogen-bond donors (Lipinski definition) is 0. The standard InChI is InChI=1S/2C25H29F3N3.C23H19N2.C18H17N2.C17H15N2/c2*1-15-11-16(2)13-18(12-15)21-29-22-24(6,14-25(26,27)28)23(4,5)19-10-8-9-17(3)20(19)31(22)30(21)7;1-16-9-8-14-20-18-12-6-7-13-19(18)22-15-21(17-10-4-3-5-11-17)24(2)25(22)23(16)20;1-12-7-6-10-16-14-8-4-5-9-15(14)17-11-13(2)19(3)20(17)18(12)16;1-12-6-5-9-15-13-7-3-4-8-14(13)16-10-11-18(2)19(16)17(12)15/h2*8-13H,14H2,1-7H3;3-15H,1-2H3;4-11H,1-3H3;3-11H,1-2H3/q5*+1/i1D3;;;;. The summed E-state index contributed by atoms with van der Waals surface area (Å²) < 4.78 is 128. The van der Waals surface area contributed by atoms with Crippen LogP contribution in [0.5, 0.6) is 0 Å². The Kier molecular flexibility index (Phi) is 20.2. The first-order chi connectivity index (χ1) is 60.9. The van der Waals surface area contributed by atoms with Gasteiger partial charge in [0.1, 0.15) is 36.2 Å². The van der Waals surface area contributed by atoms with Crippen LogP contribution >= 0.6 is 0 Å². The lowest BCUT2D eigenvalue weighted by atomic mass is 9.58. The van der Waals surface area contributed by atoms with Gasteiger partial charge in [0, 0.05) is 71.2 Å². The molecular weight excluding hydrogens is 1580 g/mol. The molecule has 0 spiro atoms. The SMILES string of the molecule is Cc1cc(C)cc(-c2nc3n([n+]2C)-c2c(C)cccc2C(C)(C)C3(C)CC(F)(F)F)c1.Cc1cccc2c3ccccc3c3cc(-c4ccccc4)[n+](C)n3c12.Cc1cccc2c3ccccc3c3cc(C)n(C)[n+]3c12.Cc1cccc2c3ccccc3c3cc[n+](C)n3c12.[2H]C([2H])([2H])c1cc(C)cc(-c2nc3n([n+]2C)-c2c(C)cccc2C(C)(C)C3(C)CC(F)(F)F)c1. The van der Waals surface area contributed by atoms with Crippen molar-refractivity contribution < 1.29 is 53.7 Å². The van der Waals surface area contributed by atoms with Gasteiger partial charge < -0.3 is 0 Å². The van der Waals surface area contributed by atoms with Crippen LogP contribution in [0.1, 0.15) is 137 Å². The van der Waals surface area contributed by atoms with Crippen LogP contribution in [-0.4, -0.2) is 45.4 Å². The second-order valence-electron chi connectivity index (χ2n) is 36.4. The van der Waals surface area contributed by atoms with Crippen LogP contribution in [0.2, 0.25) is 0 Å². The summed E-state index contributed by atoms with van der Waals surface area (Å²) in [6.07, 6.45) is -8.58. The maximum absolute atomic E-state index is 13.9. The second kappa shape index (κ2) is 31.2. The van der Waals surface area contributed by atoms with Crippen LogP contribution in [-0.2, 0) is 56.9 Å². The average molecular weight is 1690 g/mol. The van der Waals surface area contributed by atoms with Crippen molar-refractivity contribution >= 4 is 81.6 Å². The predicted molar refractivity (Wildman–Crippen MR) is 496 cm³/mol. The molecule has 10 heterocycles. The molecule has 19 aromatic rings. The highest BCUT2D eigenvalue weighted by molar-refractivity contribution is 6.14. The number of benzene rings is 11. The minimum atomic E-state index is -4.40. The van der Waals surface area contributed by atoms with Crippen molar-refractivity contribution in [1.29, 1.82) is 0 Å². The van der Waals surface area contributed by atoms with E-state index in [0.29, 0.717) is 28.9 Å². The number of pyridine rings is 3. The van der Waals surface area contributed by atoms with Gasteiger partial charge in [-0.05, 0) is 208 Å². The van der Waals surface area contributed by atoms with Crippen LogP contribution in [0.4, 0.5) is 26.3 Å². The average Bonchev–Trinajstić information content (AvgIpc) is 1.61. The molecule has 2 atom stereocenters. The first kappa shape index (κ1) is 81.3. The van der Waals surface area contributed by atoms with Gasteiger partial charge in [-0.3, -0.25) is 0 Å². The van der Waals surface area contributed by atoms with Gasteiger partial charge in [-0.1, -0.05) is 214 Å². The van der Waals surface area contributed by atoms with Gasteiger partial charge in [0.25, 0.3) is 11.6 Å². The van der Waals surface area contributed by atoms with Crippen molar-refractivity contribution in [2.45, 2.75) is 158 Å². The zero-order valence-electron chi connectivity index (χ0n) is 78.3. The largest absolute Gasteiger partial charge is 0.390 e. The fourth-order valence-corrected chi connectivity index (χ4v) is 20.4. The van der Waals surface area contributed by atoms with Crippen molar-refractivity contribution in [1.82, 2.24) is 33.0 Å². The van der Waals surface area contributed by atoms with Crippen LogP contribution in [0.25, 0.3) is 127 Å². The Morgan fingerprint density at radius 1 is 0.373 bits per heavy atom. The van der Waals surface area contributed by atoms with Crippen molar-refractivity contribution in [3.8, 4) is 45.4 Å². The molecule has 18 heteroatoms. The van der Waals surface area contributed by atoms with Gasteiger partial charge in [-0.2, -0.15) is 31.0 Å². The quantitative estimate of drug-likeness (QED) is 0.0979. The highest BCUT2D eigenvalue weighted by Crippen LogP contribution is 2.57. The van der Waals surface area contributed by atoms with E-state index >= 15 is 0 Å². The minimum absolute atomic E-state index is 0.170. The Morgan fingerprint density at radius 3 is 1.25 bits per heavy atom. The van der Waals surface area contributed by atoms with Crippen LogP contribution in [0.15, 0.2) is 255 Å². The summed E-state index contributed by atoms with van der Waals surface area (Å²) in [4.78, 5) is 9.70. The Hall–Kier alpha value is -13.1. The van der Waals surface area contributed by atoms with Gasteiger partial charge in [0.15, 0.2) is 20.3 Å². The van der Waals surface area contributed by atoms with Crippen molar-refractivity contribution in [3.63, 3.8) is 0 Å². The first-order valence-corrected chi connectivity index (χ1v) is 42.9. The number of alkyl halides is 6. The molecule has 126 heavy (non-hydrogen) atoms. The fourth-order valence-electron chi connectivity index (χ4n) is 20.4. The molecule has 0 radical (unpaired) electrons. The van der Waals surface area contributed by atoms with E-state index in [1.165, 1.54) is 115 Å². The number of aryl methyl sites for hydroxylation is 13. The number of aromatic nitrogens is 12. The van der Waals surface area contributed by atoms with Crippen molar-refractivity contribution in [2.75, 3.05) is 0 Å². The number of fused-ring (bicyclic) bond motifs is 24. The molecule has 0 fully saturated rings. The molecule has 0 saturated heterocycles. The van der Waals surface area contributed by atoms with E-state index < -0.39 is 53.7 Å². The van der Waals surface area contributed by atoms with Crippen molar-refractivity contribution in [3.05, 3.63) is 333 Å². The summed E-state index contributed by atoms with van der Waals surface area (Å²) in [5, 5.41) is 11.8. The number of halogens is 6. The Morgan fingerprint density at radius 2 is 0.770 bits per heavy atom. The first-order valence-electron chi connectivity index (χ1n) is 44.4. The smallest absolute Gasteiger partial charge is 0.171 e.